The number of aryl methyl sites for hydroxylation is 2. The number of rotatable bonds is 7. The second-order valence-corrected chi connectivity index (χ2v) is 6.39. The van der Waals surface area contributed by atoms with Crippen LogP contribution < -0.4 is 27.2 Å². The molecule has 4 amide bonds. The number of hydrogen-bond acceptors (Lipinski definition) is 4. The van der Waals surface area contributed by atoms with Crippen molar-refractivity contribution in [1.29, 1.82) is 0 Å². The lowest BCUT2D eigenvalue weighted by Gasteiger charge is -2.13. The number of carbonyl (C=O) groups excluding carboxylic acids is 3. The zero-order valence-corrected chi connectivity index (χ0v) is 16.0. The average molecular weight is 383 g/mol. The molecule has 0 saturated heterocycles. The molecule has 8 heteroatoms. The highest BCUT2D eigenvalue weighted by Gasteiger charge is 2.08. The number of benzene rings is 2. The van der Waals surface area contributed by atoms with Gasteiger partial charge in [-0.3, -0.25) is 15.0 Å². The van der Waals surface area contributed by atoms with Gasteiger partial charge in [-0.1, -0.05) is 30.3 Å². The van der Waals surface area contributed by atoms with Gasteiger partial charge in [-0.2, -0.15) is 0 Å². The fraction of sp³-hybridized carbons (Fsp3) is 0.250. The van der Waals surface area contributed by atoms with Gasteiger partial charge < -0.3 is 16.0 Å². The quantitative estimate of drug-likeness (QED) is 0.285. The van der Waals surface area contributed by atoms with Crippen LogP contribution >= 0.6 is 0 Å². The Morgan fingerprint density at radius 1 is 0.786 bits per heavy atom. The third kappa shape index (κ3) is 6.73. The van der Waals surface area contributed by atoms with E-state index in [9.17, 15) is 14.4 Å². The summed E-state index contributed by atoms with van der Waals surface area (Å²) in [4.78, 5) is 33.8. The van der Waals surface area contributed by atoms with Crippen molar-refractivity contribution in [3.05, 3.63) is 59.2 Å². The fourth-order valence-electron chi connectivity index (χ4n) is 2.68. The zero-order valence-electron chi connectivity index (χ0n) is 16.0. The van der Waals surface area contributed by atoms with E-state index in [0.717, 1.165) is 29.5 Å². The van der Waals surface area contributed by atoms with Gasteiger partial charge in [0.05, 0.1) is 11.4 Å². The topological polar surface area (TPSA) is 125 Å². The summed E-state index contributed by atoms with van der Waals surface area (Å²) in [5, 5.41) is 8.09. The summed E-state index contributed by atoms with van der Waals surface area (Å²) >= 11 is 0. The van der Waals surface area contributed by atoms with E-state index in [-0.39, 0.29) is 11.8 Å². The van der Waals surface area contributed by atoms with Crippen LogP contribution in [0.1, 0.15) is 30.5 Å². The third-order valence-electron chi connectivity index (χ3n) is 4.01. The highest BCUT2D eigenvalue weighted by molar-refractivity contribution is 5.98. The molecule has 0 aliphatic carbocycles. The largest absolute Gasteiger partial charge is 0.333 e. The number of urea groups is 1. The Hall–Kier alpha value is -3.39. The molecule has 0 radical (unpaired) electrons. The summed E-state index contributed by atoms with van der Waals surface area (Å²) in [6, 6.07) is 13.1. The SMILES string of the molecule is CC(=O)Nc1ccc(CCc2ccc(CNC(=O)NN)cc2)cc1NC(C)=O. The van der Waals surface area contributed by atoms with E-state index in [1.54, 1.807) is 6.07 Å². The smallest absolute Gasteiger partial charge is 0.329 e. The minimum atomic E-state index is -0.429. The molecule has 148 valence electrons. The molecule has 0 aliphatic heterocycles. The first-order chi connectivity index (χ1) is 13.4. The van der Waals surface area contributed by atoms with Crippen LogP contribution in [0.5, 0.6) is 0 Å². The van der Waals surface area contributed by atoms with Crippen molar-refractivity contribution < 1.29 is 14.4 Å². The maximum Gasteiger partial charge on any atom is 0.329 e. The first kappa shape index (κ1) is 20.9. The van der Waals surface area contributed by atoms with Crippen LogP contribution in [0.2, 0.25) is 0 Å². The van der Waals surface area contributed by atoms with Crippen LogP contribution in [-0.2, 0) is 29.0 Å². The van der Waals surface area contributed by atoms with Gasteiger partial charge in [0.1, 0.15) is 0 Å². The third-order valence-corrected chi connectivity index (χ3v) is 4.01. The molecule has 0 aliphatic rings. The van der Waals surface area contributed by atoms with Crippen molar-refractivity contribution in [2.45, 2.75) is 33.2 Å². The van der Waals surface area contributed by atoms with E-state index < -0.39 is 6.03 Å². The Morgan fingerprint density at radius 3 is 1.93 bits per heavy atom. The summed E-state index contributed by atoms with van der Waals surface area (Å²) in [6.07, 6.45) is 1.59. The van der Waals surface area contributed by atoms with Crippen molar-refractivity contribution in [3.63, 3.8) is 0 Å². The van der Waals surface area contributed by atoms with E-state index in [0.29, 0.717) is 17.9 Å². The van der Waals surface area contributed by atoms with Crippen molar-refractivity contribution in [2.24, 2.45) is 5.84 Å². The highest BCUT2D eigenvalue weighted by atomic mass is 16.2. The molecule has 28 heavy (non-hydrogen) atoms. The standard InChI is InChI=1S/C20H25N5O3/c1-13(26)23-18-10-9-16(11-19(18)24-14(2)27)6-3-15-4-7-17(8-5-15)12-22-20(28)25-21/h4-5,7-11H,3,6,12,21H2,1-2H3,(H,23,26)(H,24,27)(H2,22,25,28). The lowest BCUT2D eigenvalue weighted by Crippen LogP contribution is -2.39. The molecule has 8 nitrogen and oxygen atoms in total. The van der Waals surface area contributed by atoms with Gasteiger partial charge in [-0.25, -0.2) is 10.6 Å². The van der Waals surface area contributed by atoms with Gasteiger partial charge >= 0.3 is 6.03 Å². The molecule has 0 spiro atoms. The predicted octanol–water partition coefficient (Wildman–Crippen LogP) is 2.06. The van der Waals surface area contributed by atoms with E-state index in [1.807, 2.05) is 41.8 Å². The molecule has 2 rings (SSSR count). The summed E-state index contributed by atoms with van der Waals surface area (Å²) in [5.74, 6) is 4.63. The van der Waals surface area contributed by atoms with Crippen molar-refractivity contribution in [2.75, 3.05) is 10.6 Å². The van der Waals surface area contributed by atoms with Gasteiger partial charge in [0.2, 0.25) is 11.8 Å². The molecule has 0 saturated carbocycles. The minimum absolute atomic E-state index is 0.196. The number of carbonyl (C=O) groups is 3. The Labute approximate surface area is 163 Å². The summed E-state index contributed by atoms with van der Waals surface area (Å²) < 4.78 is 0. The molecule has 0 bridgehead atoms. The molecule has 0 fully saturated rings. The summed E-state index contributed by atoms with van der Waals surface area (Å²) in [5.41, 5.74) is 6.34. The first-order valence-electron chi connectivity index (χ1n) is 8.87. The van der Waals surface area contributed by atoms with E-state index >= 15 is 0 Å². The van der Waals surface area contributed by atoms with Gasteiger partial charge in [0, 0.05) is 20.4 Å². The molecular formula is C20H25N5O3. The number of hydrogen-bond donors (Lipinski definition) is 5. The van der Waals surface area contributed by atoms with Crippen molar-refractivity contribution in [1.82, 2.24) is 10.7 Å². The molecule has 0 heterocycles. The average Bonchev–Trinajstić information content (AvgIpc) is 2.66. The highest BCUT2D eigenvalue weighted by Crippen LogP contribution is 2.24. The number of anilines is 2. The summed E-state index contributed by atoms with van der Waals surface area (Å²) in [6.45, 7) is 3.25. The van der Waals surface area contributed by atoms with Crippen LogP contribution in [0.15, 0.2) is 42.5 Å². The van der Waals surface area contributed by atoms with Gasteiger partial charge in [0.25, 0.3) is 0 Å². The molecule has 0 aromatic heterocycles. The normalized spacial score (nSPS) is 10.1. The lowest BCUT2D eigenvalue weighted by atomic mass is 10.0. The molecule has 2 aromatic rings. The van der Waals surface area contributed by atoms with E-state index in [4.69, 9.17) is 5.84 Å². The Kier molecular flexibility index (Phi) is 7.53. The fourth-order valence-corrected chi connectivity index (χ4v) is 2.68. The van der Waals surface area contributed by atoms with E-state index in [2.05, 4.69) is 16.0 Å². The van der Waals surface area contributed by atoms with Crippen LogP contribution in [0.4, 0.5) is 16.2 Å². The maximum absolute atomic E-state index is 11.4. The molecule has 6 N–H and O–H groups in total. The van der Waals surface area contributed by atoms with E-state index in [1.165, 1.54) is 13.8 Å². The zero-order chi connectivity index (χ0) is 20.5. The predicted molar refractivity (Wildman–Crippen MR) is 108 cm³/mol. The number of nitrogens with one attached hydrogen (secondary N) is 4. The Morgan fingerprint density at radius 2 is 1.32 bits per heavy atom. The molecule has 2 aromatic carbocycles. The number of hydrazine groups is 1. The van der Waals surface area contributed by atoms with Crippen molar-refractivity contribution >= 4 is 29.2 Å². The Bertz CT molecular complexity index is 849. The van der Waals surface area contributed by atoms with Crippen LogP contribution in [-0.4, -0.2) is 17.8 Å². The van der Waals surface area contributed by atoms with Crippen molar-refractivity contribution in [3.8, 4) is 0 Å². The number of amides is 4. The maximum atomic E-state index is 11.4. The Balaban J connectivity index is 2.00. The van der Waals surface area contributed by atoms with Crippen LogP contribution in [0.3, 0.4) is 0 Å². The monoisotopic (exact) mass is 383 g/mol. The van der Waals surface area contributed by atoms with Gasteiger partial charge in [0.15, 0.2) is 0 Å². The lowest BCUT2D eigenvalue weighted by molar-refractivity contribution is -0.115. The first-order valence-corrected chi connectivity index (χ1v) is 8.87. The van der Waals surface area contributed by atoms with Crippen LogP contribution in [0.25, 0.3) is 0 Å². The second kappa shape index (κ2) is 10.1. The molecular weight excluding hydrogens is 358 g/mol. The second-order valence-electron chi connectivity index (χ2n) is 6.39. The van der Waals surface area contributed by atoms with Gasteiger partial charge in [-0.15, -0.1) is 0 Å². The van der Waals surface area contributed by atoms with Gasteiger partial charge in [-0.05, 0) is 41.7 Å². The van der Waals surface area contributed by atoms with Crippen LogP contribution in [0, 0.1) is 0 Å². The minimum Gasteiger partial charge on any atom is -0.333 e. The number of nitrogens with two attached hydrogens (primary N) is 1. The molecule has 0 unspecified atom stereocenters. The molecule has 0 atom stereocenters. The summed E-state index contributed by atoms with van der Waals surface area (Å²) in [7, 11) is 0.